The molecular formula is C15H17ClN4O2. The maximum atomic E-state index is 12.2. The summed E-state index contributed by atoms with van der Waals surface area (Å²) in [6, 6.07) is 6.86. The molecule has 1 aromatic heterocycles. The molecule has 2 unspecified atom stereocenters. The molecule has 0 aliphatic heterocycles. The fraction of sp³-hybridized carbons (Fsp3) is 0.400. The Morgan fingerprint density at radius 2 is 2.18 bits per heavy atom. The molecule has 6 nitrogen and oxygen atoms in total. The van der Waals surface area contributed by atoms with Gasteiger partial charge in [0.15, 0.2) is 5.69 Å². The summed E-state index contributed by atoms with van der Waals surface area (Å²) in [5.74, 6) is -0.320. The van der Waals surface area contributed by atoms with Crippen LogP contribution >= 0.6 is 11.6 Å². The van der Waals surface area contributed by atoms with Gasteiger partial charge in [-0.05, 0) is 31.0 Å². The number of nitrogens with one attached hydrogen (secondary N) is 1. The number of aliphatic hydroxyl groups excluding tert-OH is 1. The standard InChI is InChI=1S/C15H17ClN4O2/c16-10-4-3-5-11(8-10)20-17-9-13(19-20)15(22)18-12-6-1-2-7-14(12)21/h3-5,8-9,12,14,21H,1-2,6-7H2,(H,18,22). The number of amides is 1. The van der Waals surface area contributed by atoms with Crippen molar-refractivity contribution in [3.8, 4) is 5.69 Å². The fourth-order valence-electron chi connectivity index (χ4n) is 2.61. The van der Waals surface area contributed by atoms with E-state index in [-0.39, 0.29) is 17.6 Å². The van der Waals surface area contributed by atoms with Gasteiger partial charge in [-0.1, -0.05) is 30.5 Å². The largest absolute Gasteiger partial charge is 0.391 e. The summed E-state index contributed by atoms with van der Waals surface area (Å²) in [6.45, 7) is 0. The van der Waals surface area contributed by atoms with Gasteiger partial charge in [0.05, 0.1) is 24.0 Å². The average molecular weight is 321 g/mol. The molecular weight excluding hydrogens is 304 g/mol. The first-order valence-corrected chi connectivity index (χ1v) is 7.68. The van der Waals surface area contributed by atoms with Crippen LogP contribution < -0.4 is 5.32 Å². The van der Waals surface area contributed by atoms with E-state index in [9.17, 15) is 9.90 Å². The van der Waals surface area contributed by atoms with E-state index in [4.69, 9.17) is 11.6 Å². The lowest BCUT2D eigenvalue weighted by Crippen LogP contribution is -2.45. The van der Waals surface area contributed by atoms with Gasteiger partial charge in [-0.3, -0.25) is 4.79 Å². The third kappa shape index (κ3) is 3.28. The third-order valence-corrected chi connectivity index (χ3v) is 4.04. The predicted molar refractivity (Wildman–Crippen MR) is 82.1 cm³/mol. The molecule has 3 rings (SSSR count). The first-order valence-electron chi connectivity index (χ1n) is 7.31. The number of carbonyl (C=O) groups excluding carboxylic acids is 1. The Morgan fingerprint density at radius 1 is 1.36 bits per heavy atom. The van der Waals surface area contributed by atoms with E-state index >= 15 is 0 Å². The molecule has 2 atom stereocenters. The summed E-state index contributed by atoms with van der Waals surface area (Å²) < 4.78 is 0. The normalized spacial score (nSPS) is 21.5. The van der Waals surface area contributed by atoms with Crippen LogP contribution in [0.15, 0.2) is 30.5 Å². The van der Waals surface area contributed by atoms with Crippen molar-refractivity contribution >= 4 is 17.5 Å². The van der Waals surface area contributed by atoms with Gasteiger partial charge in [0, 0.05) is 5.02 Å². The van der Waals surface area contributed by atoms with Gasteiger partial charge < -0.3 is 10.4 Å². The van der Waals surface area contributed by atoms with E-state index in [2.05, 4.69) is 15.5 Å². The lowest BCUT2D eigenvalue weighted by Gasteiger charge is -2.27. The van der Waals surface area contributed by atoms with Gasteiger partial charge >= 0.3 is 0 Å². The number of rotatable bonds is 3. The Hall–Kier alpha value is -1.92. The number of hydrogen-bond acceptors (Lipinski definition) is 4. The van der Waals surface area contributed by atoms with E-state index in [1.54, 1.807) is 24.3 Å². The first-order chi connectivity index (χ1) is 10.6. The van der Waals surface area contributed by atoms with Crippen LogP contribution in [0.3, 0.4) is 0 Å². The van der Waals surface area contributed by atoms with Gasteiger partial charge in [-0.15, -0.1) is 5.10 Å². The third-order valence-electron chi connectivity index (χ3n) is 3.81. The molecule has 1 aliphatic rings. The molecule has 2 N–H and O–H groups in total. The monoisotopic (exact) mass is 320 g/mol. The van der Waals surface area contributed by atoms with Crippen LogP contribution in [0.2, 0.25) is 5.02 Å². The van der Waals surface area contributed by atoms with E-state index in [0.29, 0.717) is 10.7 Å². The molecule has 0 saturated heterocycles. The lowest BCUT2D eigenvalue weighted by molar-refractivity contribution is 0.0713. The molecule has 2 aromatic rings. The molecule has 1 aromatic carbocycles. The van der Waals surface area contributed by atoms with Crippen molar-refractivity contribution in [2.75, 3.05) is 0 Å². The maximum Gasteiger partial charge on any atom is 0.273 e. The molecule has 1 amide bonds. The van der Waals surface area contributed by atoms with Crippen molar-refractivity contribution in [2.45, 2.75) is 37.8 Å². The van der Waals surface area contributed by atoms with E-state index in [1.165, 1.54) is 11.0 Å². The fourth-order valence-corrected chi connectivity index (χ4v) is 2.80. The van der Waals surface area contributed by atoms with Crippen LogP contribution in [0, 0.1) is 0 Å². The summed E-state index contributed by atoms with van der Waals surface area (Å²) in [4.78, 5) is 13.6. The van der Waals surface area contributed by atoms with Crippen LogP contribution in [-0.2, 0) is 0 Å². The van der Waals surface area contributed by atoms with Crippen molar-refractivity contribution in [1.82, 2.24) is 20.3 Å². The summed E-state index contributed by atoms with van der Waals surface area (Å²) in [5.41, 5.74) is 0.905. The van der Waals surface area contributed by atoms with Gasteiger partial charge in [0.1, 0.15) is 0 Å². The number of nitrogens with zero attached hydrogens (tertiary/aromatic N) is 3. The minimum absolute atomic E-state index is 0.211. The van der Waals surface area contributed by atoms with Gasteiger partial charge in [-0.25, -0.2) is 0 Å². The molecule has 1 fully saturated rings. The Morgan fingerprint density at radius 3 is 2.95 bits per heavy atom. The van der Waals surface area contributed by atoms with Crippen LogP contribution in [0.1, 0.15) is 36.2 Å². The van der Waals surface area contributed by atoms with Crippen LogP contribution in [0.5, 0.6) is 0 Å². The zero-order valence-corrected chi connectivity index (χ0v) is 12.7. The Labute approximate surface area is 133 Å². The van der Waals surface area contributed by atoms with Gasteiger partial charge in [0.2, 0.25) is 0 Å². The topological polar surface area (TPSA) is 80.0 Å². The highest BCUT2D eigenvalue weighted by atomic mass is 35.5. The van der Waals surface area contributed by atoms with E-state index in [0.717, 1.165) is 25.7 Å². The smallest absolute Gasteiger partial charge is 0.273 e. The Kier molecular flexibility index (Phi) is 4.40. The second-order valence-corrected chi connectivity index (χ2v) is 5.87. The highest BCUT2D eigenvalue weighted by molar-refractivity contribution is 6.30. The highest BCUT2D eigenvalue weighted by Gasteiger charge is 2.25. The van der Waals surface area contributed by atoms with E-state index < -0.39 is 6.10 Å². The van der Waals surface area contributed by atoms with Crippen LogP contribution in [0.25, 0.3) is 5.69 Å². The SMILES string of the molecule is O=C(NC1CCCCC1O)c1cnn(-c2cccc(Cl)c2)n1. The average Bonchev–Trinajstić information content (AvgIpc) is 2.99. The number of carbonyl (C=O) groups is 1. The molecule has 7 heteroatoms. The quantitative estimate of drug-likeness (QED) is 0.906. The highest BCUT2D eigenvalue weighted by Crippen LogP contribution is 2.18. The number of halogens is 1. The van der Waals surface area contributed by atoms with Crippen molar-refractivity contribution in [1.29, 1.82) is 0 Å². The van der Waals surface area contributed by atoms with Crippen molar-refractivity contribution in [3.63, 3.8) is 0 Å². The molecule has 0 spiro atoms. The molecule has 0 bridgehead atoms. The zero-order chi connectivity index (χ0) is 15.5. The minimum atomic E-state index is -0.485. The molecule has 22 heavy (non-hydrogen) atoms. The second-order valence-electron chi connectivity index (χ2n) is 5.43. The summed E-state index contributed by atoms with van der Waals surface area (Å²) in [5, 5.41) is 21.6. The number of aliphatic hydroxyl groups is 1. The molecule has 116 valence electrons. The van der Waals surface area contributed by atoms with Crippen molar-refractivity contribution in [2.24, 2.45) is 0 Å². The van der Waals surface area contributed by atoms with Gasteiger partial charge in [-0.2, -0.15) is 9.90 Å². The number of aromatic nitrogens is 3. The number of benzene rings is 1. The number of hydrogen-bond donors (Lipinski definition) is 2. The molecule has 0 radical (unpaired) electrons. The second kappa shape index (κ2) is 6.46. The molecule has 1 saturated carbocycles. The molecule has 1 aliphatic carbocycles. The minimum Gasteiger partial charge on any atom is -0.391 e. The zero-order valence-electron chi connectivity index (χ0n) is 11.9. The first kappa shape index (κ1) is 15.0. The van der Waals surface area contributed by atoms with E-state index in [1.807, 2.05) is 0 Å². The summed E-state index contributed by atoms with van der Waals surface area (Å²) in [7, 11) is 0. The Bertz CT molecular complexity index is 673. The maximum absolute atomic E-state index is 12.2. The summed E-state index contributed by atoms with van der Waals surface area (Å²) in [6.07, 6.45) is 4.44. The van der Waals surface area contributed by atoms with Crippen LogP contribution in [-0.4, -0.2) is 38.2 Å². The van der Waals surface area contributed by atoms with Gasteiger partial charge in [0.25, 0.3) is 5.91 Å². The van der Waals surface area contributed by atoms with Crippen molar-refractivity contribution < 1.29 is 9.90 Å². The van der Waals surface area contributed by atoms with Crippen LogP contribution in [0.4, 0.5) is 0 Å². The lowest BCUT2D eigenvalue weighted by atomic mass is 9.92. The predicted octanol–water partition coefficient (Wildman–Crippen LogP) is 1.95. The Balaban J connectivity index is 1.71. The molecule has 1 heterocycles. The summed E-state index contributed by atoms with van der Waals surface area (Å²) >= 11 is 5.93. The van der Waals surface area contributed by atoms with Crippen molar-refractivity contribution in [3.05, 3.63) is 41.2 Å².